The molecule has 0 spiro atoms. The fourth-order valence-electron chi connectivity index (χ4n) is 1.91. The highest BCUT2D eigenvalue weighted by atomic mass is 16.5. The molecular weight excluding hydrogens is 228 g/mol. The van der Waals surface area contributed by atoms with Crippen molar-refractivity contribution in [3.8, 4) is 0 Å². The molecule has 0 bridgehead atoms. The van der Waals surface area contributed by atoms with Crippen molar-refractivity contribution >= 4 is 17.3 Å². The van der Waals surface area contributed by atoms with Gasteiger partial charge in [-0.1, -0.05) is 12.8 Å². The van der Waals surface area contributed by atoms with E-state index in [0.29, 0.717) is 17.9 Å². The van der Waals surface area contributed by atoms with E-state index in [1.807, 2.05) is 6.07 Å². The largest absolute Gasteiger partial charge is 0.462 e. The van der Waals surface area contributed by atoms with Crippen LogP contribution in [-0.2, 0) is 4.74 Å². The zero-order valence-corrected chi connectivity index (χ0v) is 10.7. The Kier molecular flexibility index (Phi) is 4.07. The second-order valence-electron chi connectivity index (χ2n) is 4.68. The highest BCUT2D eigenvalue weighted by Crippen LogP contribution is 2.32. The van der Waals surface area contributed by atoms with Crippen LogP contribution >= 0.6 is 0 Å². The number of carbonyl (C=O) groups is 1. The lowest BCUT2D eigenvalue weighted by atomic mass is 10.1. The molecule has 0 aliphatic heterocycles. The van der Waals surface area contributed by atoms with Crippen molar-refractivity contribution in [3.63, 3.8) is 0 Å². The third-order valence-corrected chi connectivity index (χ3v) is 3.10. The first-order valence-electron chi connectivity index (χ1n) is 6.51. The molecule has 18 heavy (non-hydrogen) atoms. The van der Waals surface area contributed by atoms with Crippen molar-refractivity contribution in [2.75, 3.05) is 24.2 Å². The molecule has 0 amide bonds. The predicted octanol–water partition coefficient (Wildman–Crippen LogP) is 2.66. The minimum absolute atomic E-state index is 0.321. The summed E-state index contributed by atoms with van der Waals surface area (Å²) in [5.41, 5.74) is 7.62. The Morgan fingerprint density at radius 3 is 2.94 bits per heavy atom. The fourth-order valence-corrected chi connectivity index (χ4v) is 1.91. The molecule has 1 aromatic carbocycles. The number of carbonyl (C=O) groups excluding carboxylic acids is 1. The first kappa shape index (κ1) is 12.7. The number of ether oxygens (including phenoxy) is 1. The summed E-state index contributed by atoms with van der Waals surface area (Å²) < 4.78 is 5.03. The van der Waals surface area contributed by atoms with Gasteiger partial charge in [0.1, 0.15) is 0 Å². The fraction of sp³-hybridized carbons (Fsp3) is 0.500. The number of nitrogens with two attached hydrogens (primary N) is 1. The van der Waals surface area contributed by atoms with Gasteiger partial charge >= 0.3 is 5.97 Å². The average molecular weight is 248 g/mol. The Bertz CT molecular complexity index is 428. The van der Waals surface area contributed by atoms with E-state index >= 15 is 0 Å². The summed E-state index contributed by atoms with van der Waals surface area (Å²) in [7, 11) is 0. The summed E-state index contributed by atoms with van der Waals surface area (Å²) in [6.07, 6.45) is 3.84. The molecule has 1 fully saturated rings. The van der Waals surface area contributed by atoms with Crippen molar-refractivity contribution in [1.82, 2.24) is 0 Å². The Labute approximate surface area is 108 Å². The zero-order chi connectivity index (χ0) is 13.0. The van der Waals surface area contributed by atoms with Crippen LogP contribution in [0, 0.1) is 5.92 Å². The molecule has 0 radical (unpaired) electrons. The normalized spacial score (nSPS) is 14.3. The second-order valence-corrected chi connectivity index (χ2v) is 4.68. The summed E-state index contributed by atoms with van der Waals surface area (Å²) in [6, 6.07) is 5.30. The van der Waals surface area contributed by atoms with E-state index in [9.17, 15) is 4.79 Å². The van der Waals surface area contributed by atoms with Gasteiger partial charge in [0.2, 0.25) is 0 Å². The molecule has 4 heteroatoms. The molecule has 1 aliphatic rings. The molecular formula is C14H20N2O2. The zero-order valence-electron chi connectivity index (χ0n) is 10.7. The molecule has 4 nitrogen and oxygen atoms in total. The number of rotatable bonds is 6. The number of hydrogen-bond donors (Lipinski definition) is 2. The molecule has 0 aromatic heterocycles. The van der Waals surface area contributed by atoms with Crippen molar-refractivity contribution in [2.24, 2.45) is 5.92 Å². The minimum atomic E-state index is -0.321. The van der Waals surface area contributed by atoms with Crippen molar-refractivity contribution in [1.29, 1.82) is 0 Å². The van der Waals surface area contributed by atoms with Gasteiger partial charge in [0.15, 0.2) is 0 Å². The Hall–Kier alpha value is -1.71. The van der Waals surface area contributed by atoms with Crippen LogP contribution in [0.15, 0.2) is 18.2 Å². The van der Waals surface area contributed by atoms with Gasteiger partial charge in [-0.3, -0.25) is 0 Å². The molecule has 2 rings (SSSR count). The van der Waals surface area contributed by atoms with Crippen LogP contribution in [-0.4, -0.2) is 19.1 Å². The number of nitrogens with one attached hydrogen (secondary N) is 1. The van der Waals surface area contributed by atoms with Crippen LogP contribution in [0.3, 0.4) is 0 Å². The van der Waals surface area contributed by atoms with Gasteiger partial charge in [0, 0.05) is 17.9 Å². The number of benzene rings is 1. The SMILES string of the molecule is CCOC(=O)c1cc(N)ccc1NCCC1CC1. The number of nitrogen functional groups attached to an aromatic ring is 1. The van der Waals surface area contributed by atoms with Gasteiger partial charge in [0.05, 0.1) is 12.2 Å². The Morgan fingerprint density at radius 2 is 2.28 bits per heavy atom. The topological polar surface area (TPSA) is 64.3 Å². The number of esters is 1. The molecule has 0 saturated heterocycles. The van der Waals surface area contributed by atoms with Gasteiger partial charge in [-0.15, -0.1) is 0 Å². The minimum Gasteiger partial charge on any atom is -0.462 e. The van der Waals surface area contributed by atoms with E-state index in [-0.39, 0.29) is 5.97 Å². The smallest absolute Gasteiger partial charge is 0.340 e. The van der Waals surface area contributed by atoms with E-state index in [4.69, 9.17) is 10.5 Å². The molecule has 1 aliphatic carbocycles. The van der Waals surface area contributed by atoms with E-state index in [0.717, 1.165) is 24.6 Å². The molecule has 1 saturated carbocycles. The summed E-state index contributed by atoms with van der Waals surface area (Å²) in [5, 5.41) is 3.29. The van der Waals surface area contributed by atoms with Crippen LogP contribution < -0.4 is 11.1 Å². The van der Waals surface area contributed by atoms with Crippen LogP contribution in [0.5, 0.6) is 0 Å². The van der Waals surface area contributed by atoms with Crippen LogP contribution in [0.4, 0.5) is 11.4 Å². The standard InChI is InChI=1S/C14H20N2O2/c1-2-18-14(17)12-9-11(15)5-6-13(12)16-8-7-10-3-4-10/h5-6,9-10,16H,2-4,7-8,15H2,1H3. The second kappa shape index (κ2) is 5.76. The molecule has 0 atom stereocenters. The van der Waals surface area contributed by atoms with Gasteiger partial charge in [-0.25, -0.2) is 4.79 Å². The van der Waals surface area contributed by atoms with Crippen LogP contribution in [0.2, 0.25) is 0 Å². The maximum atomic E-state index is 11.8. The van der Waals surface area contributed by atoms with E-state index < -0.39 is 0 Å². The third-order valence-electron chi connectivity index (χ3n) is 3.10. The van der Waals surface area contributed by atoms with Crippen LogP contribution in [0.25, 0.3) is 0 Å². The van der Waals surface area contributed by atoms with Gasteiger partial charge in [-0.05, 0) is 37.5 Å². The predicted molar refractivity (Wildman–Crippen MR) is 72.6 cm³/mol. The summed E-state index contributed by atoms with van der Waals surface area (Å²) in [6.45, 7) is 3.06. The van der Waals surface area contributed by atoms with Crippen molar-refractivity contribution in [2.45, 2.75) is 26.2 Å². The van der Waals surface area contributed by atoms with E-state index in [2.05, 4.69) is 5.32 Å². The molecule has 1 aromatic rings. The van der Waals surface area contributed by atoms with Gasteiger partial charge < -0.3 is 15.8 Å². The molecule has 3 N–H and O–H groups in total. The molecule has 98 valence electrons. The Balaban J connectivity index is 2.03. The van der Waals surface area contributed by atoms with Crippen molar-refractivity contribution in [3.05, 3.63) is 23.8 Å². The highest BCUT2D eigenvalue weighted by Gasteiger charge is 2.20. The van der Waals surface area contributed by atoms with E-state index in [1.54, 1.807) is 19.1 Å². The Morgan fingerprint density at radius 1 is 1.50 bits per heavy atom. The number of anilines is 2. The molecule has 0 heterocycles. The summed E-state index contributed by atoms with van der Waals surface area (Å²) in [4.78, 5) is 11.8. The first-order chi connectivity index (χ1) is 8.70. The lowest BCUT2D eigenvalue weighted by molar-refractivity contribution is 0.0527. The van der Waals surface area contributed by atoms with E-state index in [1.165, 1.54) is 12.8 Å². The highest BCUT2D eigenvalue weighted by molar-refractivity contribution is 5.96. The lowest BCUT2D eigenvalue weighted by Crippen LogP contribution is -2.11. The quantitative estimate of drug-likeness (QED) is 0.600. The average Bonchev–Trinajstić information content (AvgIpc) is 3.15. The number of hydrogen-bond acceptors (Lipinski definition) is 4. The first-order valence-corrected chi connectivity index (χ1v) is 6.51. The maximum absolute atomic E-state index is 11.8. The van der Waals surface area contributed by atoms with Gasteiger partial charge in [-0.2, -0.15) is 0 Å². The maximum Gasteiger partial charge on any atom is 0.340 e. The third kappa shape index (κ3) is 3.39. The summed E-state index contributed by atoms with van der Waals surface area (Å²) in [5.74, 6) is 0.552. The van der Waals surface area contributed by atoms with Crippen LogP contribution in [0.1, 0.15) is 36.5 Å². The monoisotopic (exact) mass is 248 g/mol. The van der Waals surface area contributed by atoms with Gasteiger partial charge in [0.25, 0.3) is 0 Å². The summed E-state index contributed by atoms with van der Waals surface area (Å²) >= 11 is 0. The van der Waals surface area contributed by atoms with Crippen molar-refractivity contribution < 1.29 is 9.53 Å². The lowest BCUT2D eigenvalue weighted by Gasteiger charge is -2.11. The molecule has 0 unspecified atom stereocenters.